The van der Waals surface area contributed by atoms with E-state index in [-0.39, 0.29) is 23.7 Å². The van der Waals surface area contributed by atoms with Crippen molar-refractivity contribution in [3.05, 3.63) is 87.1 Å². The van der Waals surface area contributed by atoms with Crippen molar-refractivity contribution < 1.29 is 14.3 Å². The molecule has 160 valence electrons. The molecule has 0 saturated heterocycles. The van der Waals surface area contributed by atoms with Crippen molar-refractivity contribution in [2.45, 2.75) is 39.8 Å². The van der Waals surface area contributed by atoms with Crippen LogP contribution in [-0.4, -0.2) is 22.3 Å². The Labute approximate surface area is 180 Å². The van der Waals surface area contributed by atoms with E-state index in [1.807, 2.05) is 48.7 Å². The van der Waals surface area contributed by atoms with Gasteiger partial charge in [-0.05, 0) is 42.7 Å². The second-order valence-electron chi connectivity index (χ2n) is 7.54. The van der Waals surface area contributed by atoms with Gasteiger partial charge in [0.15, 0.2) is 16.9 Å². The van der Waals surface area contributed by atoms with E-state index in [1.165, 1.54) is 6.07 Å². The molecule has 0 bridgehead atoms. The number of nitrogens with zero attached hydrogens (tertiary/aromatic N) is 2. The largest absolute Gasteiger partial charge is 0.454 e. The van der Waals surface area contributed by atoms with Gasteiger partial charge in [0, 0.05) is 42.9 Å². The number of rotatable bonds is 7. The van der Waals surface area contributed by atoms with E-state index in [2.05, 4.69) is 10.3 Å². The van der Waals surface area contributed by atoms with E-state index in [0.29, 0.717) is 25.3 Å². The predicted molar refractivity (Wildman–Crippen MR) is 117 cm³/mol. The first-order valence-electron chi connectivity index (χ1n) is 10.4. The standard InChI is InChI=1S/C24H25N3O4/c1-3-5-19-23(24(29)26-13-18-6-4-9-25-12-18)20(28)10-16(2)27(19)14-17-7-8-21-22(11-17)31-15-30-21/h4,6-12H,3,5,13-15H2,1-2H3,(H,26,29). The third-order valence-corrected chi connectivity index (χ3v) is 5.29. The van der Waals surface area contributed by atoms with E-state index in [4.69, 9.17) is 9.47 Å². The van der Waals surface area contributed by atoms with Gasteiger partial charge in [0.25, 0.3) is 5.91 Å². The smallest absolute Gasteiger partial charge is 0.257 e. The van der Waals surface area contributed by atoms with Crippen molar-refractivity contribution in [2.75, 3.05) is 6.79 Å². The lowest BCUT2D eigenvalue weighted by molar-refractivity contribution is 0.0947. The van der Waals surface area contributed by atoms with Gasteiger partial charge in [-0.15, -0.1) is 0 Å². The normalized spacial score (nSPS) is 12.1. The molecule has 3 aromatic rings. The van der Waals surface area contributed by atoms with E-state index in [1.54, 1.807) is 12.4 Å². The molecule has 7 nitrogen and oxygen atoms in total. The zero-order valence-electron chi connectivity index (χ0n) is 17.7. The van der Waals surface area contributed by atoms with Crippen LogP contribution in [-0.2, 0) is 19.5 Å². The van der Waals surface area contributed by atoms with E-state index in [9.17, 15) is 9.59 Å². The van der Waals surface area contributed by atoms with Crippen LogP contribution in [0.25, 0.3) is 0 Å². The summed E-state index contributed by atoms with van der Waals surface area (Å²) in [6, 6.07) is 11.0. The van der Waals surface area contributed by atoms with Crippen molar-refractivity contribution in [3.8, 4) is 11.5 Å². The molecule has 2 aromatic heterocycles. The molecule has 1 aliphatic heterocycles. The zero-order valence-corrected chi connectivity index (χ0v) is 17.7. The van der Waals surface area contributed by atoms with Gasteiger partial charge in [-0.25, -0.2) is 0 Å². The van der Waals surface area contributed by atoms with E-state index < -0.39 is 0 Å². The molecule has 0 fully saturated rings. The first-order valence-corrected chi connectivity index (χ1v) is 10.4. The maximum atomic E-state index is 13.0. The van der Waals surface area contributed by atoms with Crippen LogP contribution in [0.15, 0.2) is 53.6 Å². The number of hydrogen-bond acceptors (Lipinski definition) is 5. The number of hydrogen-bond donors (Lipinski definition) is 1. The molecule has 1 amide bonds. The minimum Gasteiger partial charge on any atom is -0.454 e. The van der Waals surface area contributed by atoms with Crippen LogP contribution in [0.4, 0.5) is 0 Å². The quantitative estimate of drug-likeness (QED) is 0.636. The molecule has 0 radical (unpaired) electrons. The number of nitrogens with one attached hydrogen (secondary N) is 1. The summed E-state index contributed by atoms with van der Waals surface area (Å²) in [5.41, 5.74) is 3.39. The van der Waals surface area contributed by atoms with E-state index in [0.717, 1.165) is 34.7 Å². The van der Waals surface area contributed by atoms with Gasteiger partial charge < -0.3 is 19.4 Å². The van der Waals surface area contributed by atoms with Crippen LogP contribution >= 0.6 is 0 Å². The third-order valence-electron chi connectivity index (χ3n) is 5.29. The van der Waals surface area contributed by atoms with Gasteiger partial charge >= 0.3 is 0 Å². The summed E-state index contributed by atoms with van der Waals surface area (Å²) in [4.78, 5) is 29.9. The number of amides is 1. The highest BCUT2D eigenvalue weighted by Crippen LogP contribution is 2.33. The van der Waals surface area contributed by atoms with Crippen LogP contribution in [0, 0.1) is 6.92 Å². The first-order chi connectivity index (χ1) is 15.1. The molecule has 1 N–H and O–H groups in total. The highest BCUT2D eigenvalue weighted by molar-refractivity contribution is 5.95. The third kappa shape index (κ3) is 4.45. The molecule has 31 heavy (non-hydrogen) atoms. The Morgan fingerprint density at radius 3 is 2.77 bits per heavy atom. The van der Waals surface area contributed by atoms with Gasteiger partial charge in [-0.3, -0.25) is 14.6 Å². The fourth-order valence-corrected chi connectivity index (χ4v) is 3.78. The Bertz CT molecular complexity index is 1160. The van der Waals surface area contributed by atoms with Crippen molar-refractivity contribution in [3.63, 3.8) is 0 Å². The molecule has 0 unspecified atom stereocenters. The number of carbonyl (C=O) groups is 1. The van der Waals surface area contributed by atoms with Crippen LogP contribution in [0.5, 0.6) is 11.5 Å². The molecule has 0 saturated carbocycles. The Morgan fingerprint density at radius 2 is 2.00 bits per heavy atom. The monoisotopic (exact) mass is 419 g/mol. The van der Waals surface area contributed by atoms with Crippen LogP contribution in [0.3, 0.4) is 0 Å². The molecular formula is C24H25N3O4. The Morgan fingerprint density at radius 1 is 1.16 bits per heavy atom. The maximum Gasteiger partial charge on any atom is 0.257 e. The van der Waals surface area contributed by atoms with Crippen molar-refractivity contribution >= 4 is 5.91 Å². The average Bonchev–Trinajstić information content (AvgIpc) is 3.23. The first kappa shape index (κ1) is 20.7. The fourth-order valence-electron chi connectivity index (χ4n) is 3.78. The highest BCUT2D eigenvalue weighted by atomic mass is 16.7. The summed E-state index contributed by atoms with van der Waals surface area (Å²) in [6.45, 7) is 4.99. The average molecular weight is 419 g/mol. The number of ether oxygens (including phenoxy) is 2. The second kappa shape index (κ2) is 9.04. The van der Waals surface area contributed by atoms with Crippen molar-refractivity contribution in [2.24, 2.45) is 0 Å². The summed E-state index contributed by atoms with van der Waals surface area (Å²) in [6.07, 6.45) is 4.81. The minimum atomic E-state index is -0.364. The van der Waals surface area contributed by atoms with Crippen LogP contribution in [0.2, 0.25) is 0 Å². The number of pyridine rings is 2. The molecule has 1 aromatic carbocycles. The highest BCUT2D eigenvalue weighted by Gasteiger charge is 2.21. The number of benzene rings is 1. The lowest BCUT2D eigenvalue weighted by Crippen LogP contribution is -2.32. The molecule has 3 heterocycles. The predicted octanol–water partition coefficient (Wildman–Crippen LogP) is 3.21. The molecule has 0 spiro atoms. The number of aryl methyl sites for hydroxylation is 1. The lowest BCUT2D eigenvalue weighted by Gasteiger charge is -2.20. The number of aromatic nitrogens is 2. The fraction of sp³-hybridized carbons (Fsp3) is 0.292. The summed E-state index contributed by atoms with van der Waals surface area (Å²) >= 11 is 0. The molecule has 0 aliphatic carbocycles. The lowest BCUT2D eigenvalue weighted by atomic mass is 10.0. The topological polar surface area (TPSA) is 82.5 Å². The number of carbonyl (C=O) groups excluding carboxylic acids is 1. The summed E-state index contributed by atoms with van der Waals surface area (Å²) in [5.74, 6) is 1.07. The minimum absolute atomic E-state index is 0.206. The van der Waals surface area contributed by atoms with Crippen LogP contribution < -0.4 is 20.2 Å². The molecule has 1 aliphatic rings. The molecule has 4 rings (SSSR count). The zero-order chi connectivity index (χ0) is 21.8. The van der Waals surface area contributed by atoms with Crippen molar-refractivity contribution in [1.82, 2.24) is 14.9 Å². The summed E-state index contributed by atoms with van der Waals surface area (Å²) < 4.78 is 12.9. The SMILES string of the molecule is CCCc1c(C(=O)NCc2cccnc2)c(=O)cc(C)n1Cc1ccc2c(c1)OCO2. The molecular weight excluding hydrogens is 394 g/mol. The van der Waals surface area contributed by atoms with Gasteiger partial charge in [-0.2, -0.15) is 0 Å². The second-order valence-corrected chi connectivity index (χ2v) is 7.54. The van der Waals surface area contributed by atoms with Gasteiger partial charge in [0.1, 0.15) is 5.56 Å². The van der Waals surface area contributed by atoms with Crippen LogP contribution in [0.1, 0.15) is 46.2 Å². The Balaban J connectivity index is 1.67. The molecule has 0 atom stereocenters. The maximum absolute atomic E-state index is 13.0. The van der Waals surface area contributed by atoms with Crippen molar-refractivity contribution in [1.29, 1.82) is 0 Å². The van der Waals surface area contributed by atoms with Gasteiger partial charge in [-0.1, -0.05) is 25.5 Å². The van der Waals surface area contributed by atoms with Gasteiger partial charge in [0.2, 0.25) is 6.79 Å². The van der Waals surface area contributed by atoms with E-state index >= 15 is 0 Å². The Kier molecular flexibility index (Phi) is 6.02. The summed E-state index contributed by atoms with van der Waals surface area (Å²) in [5, 5.41) is 2.87. The summed E-state index contributed by atoms with van der Waals surface area (Å²) in [7, 11) is 0. The Hall–Kier alpha value is -3.61. The number of fused-ring (bicyclic) bond motifs is 1. The molecule has 7 heteroatoms. The van der Waals surface area contributed by atoms with Gasteiger partial charge in [0.05, 0.1) is 0 Å².